The molecule has 2 atom stereocenters. The minimum atomic E-state index is -2.31. The van der Waals surface area contributed by atoms with E-state index in [0.29, 0.717) is 10.6 Å². The number of rotatable bonds is 3. The Hall–Kier alpha value is -1.44. The number of benzene rings is 2. The van der Waals surface area contributed by atoms with E-state index in [-0.39, 0.29) is 0 Å². The number of hydrogen-bond acceptors (Lipinski definition) is 2. The fraction of sp³-hybridized carbons (Fsp3) is 0. The Balaban J connectivity index is 2.31. The molecule has 0 fully saturated rings. The topological polar surface area (TPSA) is 74.6 Å². The molecule has 0 amide bonds. The molecule has 2 aromatic rings. The van der Waals surface area contributed by atoms with E-state index in [1.165, 1.54) is 0 Å². The van der Waals surface area contributed by atoms with Gasteiger partial charge in [0.2, 0.25) is 10.6 Å². The zero-order valence-electron chi connectivity index (χ0n) is 9.22. The normalized spacial score (nSPS) is 12.1. The van der Waals surface area contributed by atoms with Gasteiger partial charge in [0.1, 0.15) is 0 Å². The first-order chi connectivity index (χ1) is 8.58. The van der Waals surface area contributed by atoms with Crippen LogP contribution in [0.3, 0.4) is 0 Å². The van der Waals surface area contributed by atoms with Gasteiger partial charge in [-0.2, -0.15) is 9.79 Å². The van der Waals surface area contributed by atoms with Crippen LogP contribution in [-0.2, 0) is 9.13 Å². The smallest absolute Gasteiger partial charge is 0.156 e. The Morgan fingerprint density at radius 1 is 0.611 bits per heavy atom. The molecule has 0 aliphatic carbocycles. The third kappa shape index (κ3) is 2.87. The van der Waals surface area contributed by atoms with E-state index in [2.05, 4.69) is 0 Å². The third-order valence-electron chi connectivity index (χ3n) is 2.51. The minimum absolute atomic E-state index is 0.379. The quantitative estimate of drug-likeness (QED) is 0.844. The molecule has 0 aliphatic heterocycles. The molecule has 0 aliphatic rings. The highest BCUT2D eigenvalue weighted by atomic mass is 31.1. The molecule has 0 spiro atoms. The fourth-order valence-electron chi connectivity index (χ4n) is 1.56. The molecule has 4 nitrogen and oxygen atoms in total. The second-order valence-electron chi connectivity index (χ2n) is 3.64. The molecule has 0 aromatic heterocycles. The molecule has 0 radical (unpaired) electrons. The first-order valence-corrected chi connectivity index (χ1v) is 7.53. The van der Waals surface area contributed by atoms with Crippen LogP contribution in [0.15, 0.2) is 48.5 Å². The van der Waals surface area contributed by atoms with Crippen LogP contribution in [0.25, 0.3) is 11.1 Å². The maximum absolute atomic E-state index is 10.9. The molecule has 0 bridgehead atoms. The summed E-state index contributed by atoms with van der Waals surface area (Å²) < 4.78 is 21.7. The van der Waals surface area contributed by atoms with E-state index in [1.807, 2.05) is 0 Å². The van der Waals surface area contributed by atoms with Gasteiger partial charge in [-0.15, -0.1) is 0 Å². The van der Waals surface area contributed by atoms with Gasteiger partial charge < -0.3 is 0 Å². The fourth-order valence-corrected chi connectivity index (χ4v) is 2.37. The summed E-state index contributed by atoms with van der Waals surface area (Å²) in [4.78, 5) is 17.9. The van der Waals surface area contributed by atoms with Crippen LogP contribution in [0.1, 0.15) is 0 Å². The minimum Gasteiger partial charge on any atom is -0.156 e. The van der Waals surface area contributed by atoms with Crippen LogP contribution in [0.5, 0.6) is 0 Å². The summed E-state index contributed by atoms with van der Waals surface area (Å²) in [5.74, 6) is 0. The van der Waals surface area contributed by atoms with Gasteiger partial charge in [-0.3, -0.25) is 0 Å². The maximum Gasteiger partial charge on any atom is 0.546 e. The van der Waals surface area contributed by atoms with Crippen molar-refractivity contribution in [3.05, 3.63) is 48.5 Å². The molecule has 90 valence electrons. The van der Waals surface area contributed by atoms with Crippen molar-refractivity contribution in [1.29, 1.82) is 0 Å². The average Bonchev–Trinajstić information content (AvgIpc) is 2.39. The van der Waals surface area contributed by atoms with E-state index >= 15 is 0 Å². The molecule has 6 heteroatoms. The number of hydrogen-bond donors (Lipinski definition) is 2. The lowest BCUT2D eigenvalue weighted by molar-refractivity contribution is 0.512. The predicted octanol–water partition coefficient (Wildman–Crippen LogP) is 2.07. The standard InChI is InChI=1S/C12H8O4P2/c13-17(14)11-5-1-9(2-6-11)10-3-7-12(8-4-10)18(15)16/h1-8H/p+2. The Morgan fingerprint density at radius 2 is 0.889 bits per heavy atom. The molecule has 2 unspecified atom stereocenters. The molecule has 0 heterocycles. The lowest BCUT2D eigenvalue weighted by Gasteiger charge is -1.99. The van der Waals surface area contributed by atoms with Gasteiger partial charge in [-0.25, -0.2) is 0 Å². The van der Waals surface area contributed by atoms with E-state index in [0.717, 1.165) is 11.1 Å². The van der Waals surface area contributed by atoms with Crippen LogP contribution in [0.2, 0.25) is 0 Å². The van der Waals surface area contributed by atoms with E-state index in [4.69, 9.17) is 9.79 Å². The van der Waals surface area contributed by atoms with Crippen molar-refractivity contribution in [3.63, 3.8) is 0 Å². The monoisotopic (exact) mass is 280 g/mol. The lowest BCUT2D eigenvalue weighted by atomic mass is 10.1. The third-order valence-corrected chi connectivity index (χ3v) is 3.99. The second-order valence-corrected chi connectivity index (χ2v) is 5.76. The van der Waals surface area contributed by atoms with Crippen molar-refractivity contribution in [2.45, 2.75) is 0 Å². The Bertz CT molecular complexity index is 535. The van der Waals surface area contributed by atoms with E-state index in [1.54, 1.807) is 48.5 Å². The summed E-state index contributed by atoms with van der Waals surface area (Å²) in [5, 5.41) is 0.757. The summed E-state index contributed by atoms with van der Waals surface area (Å²) in [6.07, 6.45) is 0. The maximum atomic E-state index is 10.9. The molecule has 18 heavy (non-hydrogen) atoms. The summed E-state index contributed by atoms with van der Waals surface area (Å²) in [6, 6.07) is 13.3. The van der Waals surface area contributed by atoms with Gasteiger partial charge in [0.25, 0.3) is 0 Å². The molecule has 2 aromatic carbocycles. The van der Waals surface area contributed by atoms with Gasteiger partial charge >= 0.3 is 16.1 Å². The van der Waals surface area contributed by atoms with Crippen molar-refractivity contribution in [3.8, 4) is 11.1 Å². The average molecular weight is 280 g/mol. The van der Waals surface area contributed by atoms with Crippen LogP contribution in [0, 0.1) is 0 Å². The molecule has 2 rings (SSSR count). The van der Waals surface area contributed by atoms with Crippen LogP contribution in [-0.4, -0.2) is 9.79 Å². The van der Waals surface area contributed by atoms with Crippen LogP contribution >= 0.6 is 16.1 Å². The van der Waals surface area contributed by atoms with E-state index in [9.17, 15) is 9.13 Å². The van der Waals surface area contributed by atoms with Crippen molar-refractivity contribution in [1.82, 2.24) is 0 Å². The van der Waals surface area contributed by atoms with Crippen LogP contribution < -0.4 is 10.6 Å². The van der Waals surface area contributed by atoms with Crippen LogP contribution in [0.4, 0.5) is 0 Å². The molecular weight excluding hydrogens is 270 g/mol. The predicted molar refractivity (Wildman–Crippen MR) is 70.8 cm³/mol. The summed E-state index contributed by atoms with van der Waals surface area (Å²) in [5.41, 5.74) is 1.77. The summed E-state index contributed by atoms with van der Waals surface area (Å²) in [6.45, 7) is 0. The van der Waals surface area contributed by atoms with Gasteiger partial charge in [-0.1, -0.05) is 0 Å². The van der Waals surface area contributed by atoms with Gasteiger partial charge in [0, 0.05) is 0 Å². The first kappa shape index (κ1) is 13.0. The Morgan fingerprint density at radius 3 is 1.11 bits per heavy atom. The van der Waals surface area contributed by atoms with E-state index < -0.39 is 16.1 Å². The van der Waals surface area contributed by atoms with Crippen molar-refractivity contribution >= 4 is 26.7 Å². The highest BCUT2D eigenvalue weighted by Crippen LogP contribution is 2.22. The van der Waals surface area contributed by atoms with Crippen molar-refractivity contribution in [2.24, 2.45) is 0 Å². The SMILES string of the molecule is O=[P+](O)c1ccc(-c2ccc([P+](=O)O)cc2)cc1. The molecule has 0 saturated carbocycles. The largest absolute Gasteiger partial charge is 0.546 e. The summed E-state index contributed by atoms with van der Waals surface area (Å²) >= 11 is 0. The van der Waals surface area contributed by atoms with Crippen molar-refractivity contribution < 1.29 is 18.9 Å². The van der Waals surface area contributed by atoms with Gasteiger partial charge in [0.15, 0.2) is 0 Å². The van der Waals surface area contributed by atoms with Crippen molar-refractivity contribution in [2.75, 3.05) is 0 Å². The van der Waals surface area contributed by atoms with Gasteiger partial charge in [-0.05, 0) is 68.8 Å². The second kappa shape index (κ2) is 5.47. The zero-order valence-corrected chi connectivity index (χ0v) is 11.0. The highest BCUT2D eigenvalue weighted by Gasteiger charge is 2.17. The highest BCUT2D eigenvalue weighted by molar-refractivity contribution is 7.47. The molecule has 0 saturated heterocycles. The Labute approximate surface area is 106 Å². The first-order valence-electron chi connectivity index (χ1n) is 5.11. The summed E-state index contributed by atoms with van der Waals surface area (Å²) in [7, 11) is -4.62. The molecule has 2 N–H and O–H groups in total. The van der Waals surface area contributed by atoms with Gasteiger partial charge in [0.05, 0.1) is 0 Å². The lowest BCUT2D eigenvalue weighted by Crippen LogP contribution is -1.96. The zero-order chi connectivity index (χ0) is 13.1. The molecular formula is C12H10O4P2+2. The Kier molecular flexibility index (Phi) is 3.95.